The third-order valence-corrected chi connectivity index (χ3v) is 6.02. The fourth-order valence-corrected chi connectivity index (χ4v) is 4.47. The monoisotopic (exact) mass is 413 g/mol. The number of phenolic OH excluding ortho intramolecular Hbond substituents is 1. The predicted octanol–water partition coefficient (Wildman–Crippen LogP) is 2.89. The Morgan fingerprint density at radius 1 is 1.27 bits per heavy atom. The number of benzene rings is 1. The topological polar surface area (TPSA) is 92.5 Å². The molecule has 2 aromatic rings. The average Bonchev–Trinajstić information content (AvgIpc) is 3.43. The molecule has 0 spiro atoms. The van der Waals surface area contributed by atoms with E-state index in [0.717, 1.165) is 50.9 Å². The van der Waals surface area contributed by atoms with E-state index in [9.17, 15) is 9.90 Å². The molecule has 1 aromatic heterocycles. The zero-order chi connectivity index (χ0) is 20.9. The fraction of sp³-hybridized carbons (Fsp3) is 0.591. The summed E-state index contributed by atoms with van der Waals surface area (Å²) in [6.07, 6.45) is 8.34. The van der Waals surface area contributed by atoms with E-state index < -0.39 is 0 Å². The Kier molecular flexibility index (Phi) is 6.52. The molecule has 0 unspecified atom stereocenters. The van der Waals surface area contributed by atoms with Crippen molar-refractivity contribution in [2.75, 3.05) is 19.7 Å². The molecule has 1 aromatic carbocycles. The Morgan fingerprint density at radius 2 is 2.10 bits per heavy atom. The average molecular weight is 414 g/mol. The zero-order valence-corrected chi connectivity index (χ0v) is 17.6. The van der Waals surface area contributed by atoms with Gasteiger partial charge in [-0.15, -0.1) is 5.10 Å². The van der Waals surface area contributed by atoms with Crippen LogP contribution in [0.15, 0.2) is 24.4 Å². The Labute approximate surface area is 177 Å². The van der Waals surface area contributed by atoms with Gasteiger partial charge in [-0.3, -0.25) is 9.69 Å². The van der Waals surface area contributed by atoms with E-state index in [2.05, 4.69) is 20.5 Å². The first-order valence-electron chi connectivity index (χ1n) is 11.0. The number of phenols is 1. The van der Waals surface area contributed by atoms with Crippen molar-refractivity contribution in [3.8, 4) is 11.5 Å². The zero-order valence-electron chi connectivity index (χ0n) is 17.6. The molecule has 1 amide bonds. The summed E-state index contributed by atoms with van der Waals surface area (Å²) in [6, 6.07) is 6.00. The molecular weight excluding hydrogens is 382 g/mol. The van der Waals surface area contributed by atoms with Gasteiger partial charge in [0.2, 0.25) is 0 Å². The lowest BCUT2D eigenvalue weighted by Gasteiger charge is -2.32. The van der Waals surface area contributed by atoms with E-state index >= 15 is 0 Å². The van der Waals surface area contributed by atoms with Gasteiger partial charge in [0, 0.05) is 19.1 Å². The van der Waals surface area contributed by atoms with E-state index in [0.29, 0.717) is 18.1 Å². The summed E-state index contributed by atoms with van der Waals surface area (Å²) in [7, 11) is 0. The van der Waals surface area contributed by atoms with E-state index in [4.69, 9.17) is 4.74 Å². The van der Waals surface area contributed by atoms with Crippen LogP contribution in [0.5, 0.6) is 11.5 Å². The minimum Gasteiger partial charge on any atom is -0.504 e. The molecule has 2 aliphatic rings. The fourth-order valence-electron chi connectivity index (χ4n) is 4.47. The lowest BCUT2D eigenvalue weighted by atomic mass is 10.0. The predicted molar refractivity (Wildman–Crippen MR) is 113 cm³/mol. The van der Waals surface area contributed by atoms with Crippen LogP contribution in [0.3, 0.4) is 0 Å². The van der Waals surface area contributed by atoms with Crippen molar-refractivity contribution in [2.24, 2.45) is 0 Å². The summed E-state index contributed by atoms with van der Waals surface area (Å²) in [5.74, 6) is 0.578. The minimum absolute atomic E-state index is 0.117. The Bertz CT molecular complexity index is 862. The number of carbonyl (C=O) groups excluding carboxylic acids is 1. The van der Waals surface area contributed by atoms with E-state index in [1.54, 1.807) is 12.3 Å². The van der Waals surface area contributed by atoms with Gasteiger partial charge in [-0.25, -0.2) is 4.68 Å². The van der Waals surface area contributed by atoms with Crippen LogP contribution in [0.2, 0.25) is 0 Å². The van der Waals surface area contributed by atoms with Crippen LogP contribution in [0.4, 0.5) is 0 Å². The molecule has 162 valence electrons. The second kappa shape index (κ2) is 9.47. The maximum absolute atomic E-state index is 12.4. The van der Waals surface area contributed by atoms with Crippen LogP contribution in [0, 0.1) is 0 Å². The van der Waals surface area contributed by atoms with Crippen LogP contribution in [-0.4, -0.2) is 56.6 Å². The largest absolute Gasteiger partial charge is 0.504 e. The number of aromatic nitrogens is 3. The van der Waals surface area contributed by atoms with Crippen molar-refractivity contribution in [1.82, 2.24) is 25.2 Å². The van der Waals surface area contributed by atoms with E-state index in [-0.39, 0.29) is 23.7 Å². The maximum atomic E-state index is 12.4. The molecule has 30 heavy (non-hydrogen) atoms. The molecule has 2 fully saturated rings. The molecule has 1 saturated heterocycles. The first-order chi connectivity index (χ1) is 14.6. The molecule has 4 rings (SSSR count). The summed E-state index contributed by atoms with van der Waals surface area (Å²) in [5.41, 5.74) is 1.51. The number of amides is 1. The highest BCUT2D eigenvalue weighted by atomic mass is 16.5. The first kappa shape index (κ1) is 20.7. The quantitative estimate of drug-likeness (QED) is 0.725. The molecule has 1 atom stereocenters. The van der Waals surface area contributed by atoms with Gasteiger partial charge in [-0.1, -0.05) is 24.1 Å². The van der Waals surface area contributed by atoms with Crippen LogP contribution in [0.25, 0.3) is 0 Å². The third-order valence-electron chi connectivity index (χ3n) is 6.02. The number of likely N-dealkylation sites (tertiary alicyclic amines) is 1. The van der Waals surface area contributed by atoms with Gasteiger partial charge >= 0.3 is 0 Å². The van der Waals surface area contributed by atoms with Gasteiger partial charge in [0.25, 0.3) is 5.91 Å². The van der Waals surface area contributed by atoms with Crippen molar-refractivity contribution in [1.29, 1.82) is 0 Å². The molecular formula is C22H31N5O3. The third kappa shape index (κ3) is 4.92. The minimum atomic E-state index is -0.117. The molecule has 0 radical (unpaired) electrons. The lowest BCUT2D eigenvalue weighted by Crippen LogP contribution is -2.36. The highest BCUT2D eigenvalue weighted by Gasteiger charge is 2.25. The van der Waals surface area contributed by atoms with E-state index in [1.165, 1.54) is 12.8 Å². The maximum Gasteiger partial charge on any atom is 0.273 e. The van der Waals surface area contributed by atoms with Gasteiger partial charge < -0.3 is 15.2 Å². The number of nitrogens with zero attached hydrogens (tertiary/aromatic N) is 4. The van der Waals surface area contributed by atoms with Gasteiger partial charge in [-0.05, 0) is 56.8 Å². The van der Waals surface area contributed by atoms with Crippen LogP contribution in [-0.2, 0) is 6.54 Å². The molecule has 0 bridgehead atoms. The first-order valence-corrected chi connectivity index (χ1v) is 11.0. The van der Waals surface area contributed by atoms with Gasteiger partial charge in [0.1, 0.15) is 0 Å². The van der Waals surface area contributed by atoms with Crippen molar-refractivity contribution >= 4 is 5.91 Å². The molecule has 2 N–H and O–H groups in total. The number of rotatable bonds is 7. The number of piperidine rings is 1. The van der Waals surface area contributed by atoms with Crippen molar-refractivity contribution < 1.29 is 14.6 Å². The lowest BCUT2D eigenvalue weighted by molar-refractivity contribution is 0.0932. The number of ether oxygens (including phenoxy) is 1. The number of hydrogen-bond acceptors (Lipinski definition) is 6. The SMILES string of the molecule is CCOc1cc(CN2CCC[C@H](n3cc(C(=O)NC4CCCC4)nn3)C2)ccc1O. The number of aromatic hydroxyl groups is 1. The number of nitrogens with one attached hydrogen (secondary N) is 1. The summed E-state index contributed by atoms with van der Waals surface area (Å²) in [5, 5.41) is 21.4. The normalized spacial score (nSPS) is 20.4. The van der Waals surface area contributed by atoms with Crippen LogP contribution >= 0.6 is 0 Å². The van der Waals surface area contributed by atoms with Gasteiger partial charge in [0.05, 0.1) is 18.8 Å². The van der Waals surface area contributed by atoms with E-state index in [1.807, 2.05) is 23.7 Å². The standard InChI is InChI=1S/C22H31N5O3/c1-2-30-21-12-16(9-10-20(21)28)13-26-11-5-8-18(14-26)27-15-19(24-25-27)22(29)23-17-6-3-4-7-17/h9-10,12,15,17-18,28H,2-8,11,13-14H2,1H3,(H,23,29)/t18-/m0/s1. The molecule has 2 heterocycles. The highest BCUT2D eigenvalue weighted by Crippen LogP contribution is 2.29. The van der Waals surface area contributed by atoms with Gasteiger partial charge in [-0.2, -0.15) is 0 Å². The summed E-state index contributed by atoms with van der Waals surface area (Å²) in [4.78, 5) is 14.8. The second-order valence-corrected chi connectivity index (χ2v) is 8.30. The number of carbonyl (C=O) groups is 1. The molecule has 1 aliphatic carbocycles. The molecule has 8 nitrogen and oxygen atoms in total. The van der Waals surface area contributed by atoms with Crippen molar-refractivity contribution in [2.45, 2.75) is 64.1 Å². The smallest absolute Gasteiger partial charge is 0.273 e. The Hall–Kier alpha value is -2.61. The Morgan fingerprint density at radius 3 is 2.90 bits per heavy atom. The second-order valence-electron chi connectivity index (χ2n) is 8.30. The molecule has 1 aliphatic heterocycles. The van der Waals surface area contributed by atoms with Crippen molar-refractivity contribution in [3.05, 3.63) is 35.7 Å². The molecule has 8 heteroatoms. The summed E-state index contributed by atoms with van der Waals surface area (Å²) in [6.45, 7) is 5.05. The highest BCUT2D eigenvalue weighted by molar-refractivity contribution is 5.92. The summed E-state index contributed by atoms with van der Waals surface area (Å²) < 4.78 is 7.35. The Balaban J connectivity index is 1.36. The van der Waals surface area contributed by atoms with Crippen LogP contribution < -0.4 is 10.1 Å². The van der Waals surface area contributed by atoms with Gasteiger partial charge in [0.15, 0.2) is 17.2 Å². The van der Waals surface area contributed by atoms with Crippen LogP contribution in [0.1, 0.15) is 67.5 Å². The van der Waals surface area contributed by atoms with Crippen molar-refractivity contribution in [3.63, 3.8) is 0 Å². The summed E-state index contributed by atoms with van der Waals surface area (Å²) >= 11 is 0. The number of hydrogen-bond donors (Lipinski definition) is 2. The molecule has 1 saturated carbocycles.